The summed E-state index contributed by atoms with van der Waals surface area (Å²) in [5, 5.41) is 0. The molecule has 0 aromatic rings. The molecule has 0 aliphatic carbocycles. The van der Waals surface area contributed by atoms with E-state index >= 15 is 0 Å². The molecule has 0 heterocycles. The maximum absolute atomic E-state index is 13.3. The maximum atomic E-state index is 13.3. The minimum Gasteiger partial charge on any atom is -0.456 e. The Morgan fingerprint density at radius 3 is 1.68 bits per heavy atom. The topological polar surface area (TPSA) is 54.0 Å². The molecule has 5 nitrogen and oxygen atoms in total. The van der Waals surface area contributed by atoms with E-state index in [1.165, 1.54) is 0 Å². The first-order valence-electron chi connectivity index (χ1n) is 7.14. The summed E-state index contributed by atoms with van der Waals surface area (Å²) in [6.07, 6.45) is -31.9. The number of ether oxygens (including phenoxy) is 4. The van der Waals surface area contributed by atoms with Crippen molar-refractivity contribution in [3.8, 4) is 0 Å². The van der Waals surface area contributed by atoms with E-state index in [1.54, 1.807) is 4.74 Å². The second kappa shape index (κ2) is 8.97. The molecule has 0 rings (SSSR count). The van der Waals surface area contributed by atoms with Crippen molar-refractivity contribution in [2.24, 2.45) is 0 Å². The van der Waals surface area contributed by atoms with Crippen molar-refractivity contribution in [2.75, 3.05) is 13.7 Å². The summed E-state index contributed by atoms with van der Waals surface area (Å²) in [5.41, 5.74) is -0.561. The SMILES string of the molecule is C=C(C)C(=O)OCC(F)(F)C(F)OC(F)(F)C(F)(F)C(F)(F)OC(F)(F)C(F)(F)OC. The van der Waals surface area contributed by atoms with Gasteiger partial charge in [0.15, 0.2) is 6.61 Å². The predicted octanol–water partition coefficient (Wildman–Crippen LogP) is 4.72. The lowest BCUT2D eigenvalue weighted by molar-refractivity contribution is -0.532. The summed E-state index contributed by atoms with van der Waals surface area (Å²) >= 11 is 0. The number of hydrogen-bond acceptors (Lipinski definition) is 5. The lowest BCUT2D eigenvalue weighted by Crippen LogP contribution is -2.62. The monoisotopic (exact) mass is 494 g/mol. The highest BCUT2D eigenvalue weighted by atomic mass is 19.4. The fraction of sp³-hybridized carbons (Fsp3) is 0.769. The van der Waals surface area contributed by atoms with E-state index in [2.05, 4.69) is 20.8 Å². The third-order valence-corrected chi connectivity index (χ3v) is 2.91. The van der Waals surface area contributed by atoms with Crippen LogP contribution < -0.4 is 0 Å². The van der Waals surface area contributed by atoms with Gasteiger partial charge in [0.25, 0.3) is 6.36 Å². The van der Waals surface area contributed by atoms with Gasteiger partial charge in [-0.15, -0.1) is 0 Å². The summed E-state index contributed by atoms with van der Waals surface area (Å²) < 4.78 is 181. The number of carbonyl (C=O) groups is 1. The third kappa shape index (κ3) is 6.34. The van der Waals surface area contributed by atoms with Gasteiger partial charge in [0.2, 0.25) is 0 Å². The standard InChI is InChI=1S/C13H11F13O5/c1-5(2)6(27)29-4-8(15,16)7(14)30-10(19,20)9(17,18)11(21,22)31-13(25,26)12(23,24)28-3/h7H,1,4H2,2-3H3. The normalized spacial score (nSPS) is 15.6. The van der Waals surface area contributed by atoms with Crippen LogP contribution in [0.2, 0.25) is 0 Å². The number of esters is 1. The van der Waals surface area contributed by atoms with E-state index in [0.29, 0.717) is 0 Å². The van der Waals surface area contributed by atoms with Crippen molar-refractivity contribution in [1.29, 1.82) is 0 Å². The van der Waals surface area contributed by atoms with Crippen LogP contribution in [0.15, 0.2) is 12.2 Å². The number of carbonyl (C=O) groups excluding carboxylic acids is 1. The highest BCUT2D eigenvalue weighted by Crippen LogP contribution is 2.52. The number of halogens is 13. The number of alkyl halides is 13. The van der Waals surface area contributed by atoms with E-state index in [9.17, 15) is 61.9 Å². The van der Waals surface area contributed by atoms with Gasteiger partial charge < -0.3 is 9.47 Å². The Morgan fingerprint density at radius 1 is 0.839 bits per heavy atom. The molecule has 1 atom stereocenters. The summed E-state index contributed by atoms with van der Waals surface area (Å²) in [5.74, 6) is -14.4. The molecule has 0 bridgehead atoms. The van der Waals surface area contributed by atoms with Gasteiger partial charge in [0.05, 0.1) is 0 Å². The summed E-state index contributed by atoms with van der Waals surface area (Å²) in [7, 11) is -0.234. The van der Waals surface area contributed by atoms with Crippen LogP contribution in [-0.4, -0.2) is 62.3 Å². The van der Waals surface area contributed by atoms with Crippen molar-refractivity contribution in [2.45, 2.75) is 49.6 Å². The Labute approximate surface area is 163 Å². The van der Waals surface area contributed by atoms with Crippen LogP contribution >= 0.6 is 0 Å². The van der Waals surface area contributed by atoms with Gasteiger partial charge in [-0.05, 0) is 6.92 Å². The van der Waals surface area contributed by atoms with Crippen LogP contribution in [0.4, 0.5) is 57.1 Å². The lowest BCUT2D eigenvalue weighted by atomic mass is 10.2. The molecule has 0 saturated heterocycles. The average Bonchev–Trinajstić information content (AvgIpc) is 2.57. The largest absolute Gasteiger partial charge is 0.456 e. The van der Waals surface area contributed by atoms with Gasteiger partial charge in [-0.2, -0.15) is 52.7 Å². The van der Waals surface area contributed by atoms with Crippen LogP contribution in [0.3, 0.4) is 0 Å². The molecule has 0 spiro atoms. The molecule has 0 amide bonds. The van der Waals surface area contributed by atoms with Crippen molar-refractivity contribution in [3.63, 3.8) is 0 Å². The van der Waals surface area contributed by atoms with Crippen LogP contribution in [0, 0.1) is 0 Å². The number of hydrogen-bond donors (Lipinski definition) is 0. The van der Waals surface area contributed by atoms with Gasteiger partial charge in [-0.1, -0.05) is 6.58 Å². The molecule has 0 fully saturated rings. The van der Waals surface area contributed by atoms with E-state index in [-0.39, 0.29) is 7.11 Å². The Kier molecular flexibility index (Phi) is 8.44. The van der Waals surface area contributed by atoms with Gasteiger partial charge in [0.1, 0.15) is 0 Å². The molecule has 184 valence electrons. The molecular weight excluding hydrogens is 483 g/mol. The zero-order valence-electron chi connectivity index (χ0n) is 14.9. The van der Waals surface area contributed by atoms with Crippen LogP contribution in [-0.2, 0) is 23.7 Å². The summed E-state index contributed by atoms with van der Waals surface area (Å²) in [6, 6.07) is 0. The number of rotatable bonds is 12. The first kappa shape index (κ1) is 29.2. The highest BCUT2D eigenvalue weighted by Gasteiger charge is 2.79. The molecule has 0 radical (unpaired) electrons. The van der Waals surface area contributed by atoms with Gasteiger partial charge in [-0.25, -0.2) is 13.9 Å². The Morgan fingerprint density at radius 2 is 1.29 bits per heavy atom. The van der Waals surface area contributed by atoms with Crippen molar-refractivity contribution in [3.05, 3.63) is 12.2 Å². The molecule has 0 saturated carbocycles. The molecule has 0 aromatic carbocycles. The van der Waals surface area contributed by atoms with E-state index in [1.807, 2.05) is 0 Å². The van der Waals surface area contributed by atoms with Gasteiger partial charge in [0, 0.05) is 12.7 Å². The minimum atomic E-state index is -7.43. The third-order valence-electron chi connectivity index (χ3n) is 2.91. The lowest BCUT2D eigenvalue weighted by Gasteiger charge is -2.35. The molecule has 0 aliphatic rings. The first-order chi connectivity index (χ1) is 13.5. The minimum absolute atomic E-state index is 0.234. The van der Waals surface area contributed by atoms with Gasteiger partial charge in [-0.3, -0.25) is 4.74 Å². The van der Waals surface area contributed by atoms with Crippen molar-refractivity contribution < 1.29 is 80.8 Å². The highest BCUT2D eigenvalue weighted by molar-refractivity contribution is 5.86. The smallest absolute Gasteiger partial charge is 0.453 e. The predicted molar refractivity (Wildman–Crippen MR) is 69.5 cm³/mol. The summed E-state index contributed by atoms with van der Waals surface area (Å²) in [4.78, 5) is 10.9. The quantitative estimate of drug-likeness (QED) is 0.223. The van der Waals surface area contributed by atoms with Gasteiger partial charge >= 0.3 is 42.2 Å². The molecular formula is C13H11F13O5. The average molecular weight is 494 g/mol. The molecule has 31 heavy (non-hydrogen) atoms. The van der Waals surface area contributed by atoms with E-state index < -0.39 is 60.8 Å². The van der Waals surface area contributed by atoms with E-state index in [0.717, 1.165) is 6.92 Å². The molecule has 0 N–H and O–H groups in total. The van der Waals surface area contributed by atoms with E-state index in [4.69, 9.17) is 0 Å². The van der Waals surface area contributed by atoms with Crippen LogP contribution in [0.25, 0.3) is 0 Å². The second-order valence-electron chi connectivity index (χ2n) is 5.50. The fourth-order valence-corrected chi connectivity index (χ4v) is 1.21. The fourth-order valence-electron chi connectivity index (χ4n) is 1.21. The van der Waals surface area contributed by atoms with Crippen molar-refractivity contribution in [1.82, 2.24) is 0 Å². The van der Waals surface area contributed by atoms with Crippen LogP contribution in [0.5, 0.6) is 0 Å². The molecule has 18 heteroatoms. The molecule has 0 aromatic heterocycles. The van der Waals surface area contributed by atoms with Crippen LogP contribution in [0.1, 0.15) is 6.92 Å². The maximum Gasteiger partial charge on any atom is 0.453 e. The number of methoxy groups -OCH3 is 1. The molecule has 1 unspecified atom stereocenters. The Balaban J connectivity index is 5.63. The first-order valence-corrected chi connectivity index (χ1v) is 7.14. The van der Waals surface area contributed by atoms with Crippen molar-refractivity contribution >= 4 is 5.97 Å². The Bertz CT molecular complexity index is 664. The zero-order chi connectivity index (χ0) is 25.3. The Hall–Kier alpha value is -1.82. The summed E-state index contributed by atoms with van der Waals surface area (Å²) in [6.45, 7) is 1.34. The molecule has 0 aliphatic heterocycles. The zero-order valence-corrected chi connectivity index (χ0v) is 14.9. The second-order valence-corrected chi connectivity index (χ2v) is 5.50.